The SMILES string of the molecule is CC(C)NCc1cc(S(=O)(=O)NCCC2CCCO2)cs1. The van der Waals surface area contributed by atoms with E-state index in [4.69, 9.17) is 4.74 Å². The first-order valence-electron chi connectivity index (χ1n) is 7.39. The average molecular weight is 332 g/mol. The Kier molecular flexibility index (Phi) is 6.19. The second-order valence-electron chi connectivity index (χ2n) is 5.61. The van der Waals surface area contributed by atoms with Gasteiger partial charge in [0, 0.05) is 36.0 Å². The lowest BCUT2D eigenvalue weighted by molar-refractivity contribution is 0.105. The maximum atomic E-state index is 12.2. The van der Waals surface area contributed by atoms with Gasteiger partial charge in [0.25, 0.3) is 0 Å². The summed E-state index contributed by atoms with van der Waals surface area (Å²) in [4.78, 5) is 1.39. The van der Waals surface area contributed by atoms with Crippen LogP contribution in [0.15, 0.2) is 16.3 Å². The molecule has 0 saturated carbocycles. The normalized spacial score (nSPS) is 19.5. The van der Waals surface area contributed by atoms with Crippen molar-refractivity contribution < 1.29 is 13.2 Å². The Morgan fingerprint density at radius 3 is 2.95 bits per heavy atom. The molecule has 0 spiro atoms. The third-order valence-electron chi connectivity index (χ3n) is 3.41. The first-order chi connectivity index (χ1) is 9.97. The molecule has 1 aliphatic heterocycles. The van der Waals surface area contributed by atoms with Crippen molar-refractivity contribution in [2.75, 3.05) is 13.2 Å². The van der Waals surface area contributed by atoms with Gasteiger partial charge in [-0.25, -0.2) is 13.1 Å². The van der Waals surface area contributed by atoms with Gasteiger partial charge in [0.1, 0.15) is 0 Å². The van der Waals surface area contributed by atoms with E-state index in [0.29, 0.717) is 24.0 Å². The van der Waals surface area contributed by atoms with E-state index in [2.05, 4.69) is 23.9 Å². The second kappa shape index (κ2) is 7.69. The number of nitrogens with one attached hydrogen (secondary N) is 2. The molecular weight excluding hydrogens is 308 g/mol. The Morgan fingerprint density at radius 1 is 1.48 bits per heavy atom. The largest absolute Gasteiger partial charge is 0.378 e. The molecule has 0 aliphatic carbocycles. The minimum atomic E-state index is -3.39. The standard InChI is InChI=1S/C14H24N2O3S2/c1-11(2)15-9-13-8-14(10-20-13)21(17,18)16-6-5-12-4-3-7-19-12/h8,10-12,15-16H,3-7,9H2,1-2H3. The highest BCUT2D eigenvalue weighted by Gasteiger charge is 2.19. The van der Waals surface area contributed by atoms with Crippen molar-refractivity contribution in [1.29, 1.82) is 0 Å². The van der Waals surface area contributed by atoms with Gasteiger partial charge in [-0.2, -0.15) is 0 Å². The fourth-order valence-corrected chi connectivity index (χ4v) is 4.48. The van der Waals surface area contributed by atoms with Crippen LogP contribution in [0.1, 0.15) is 38.0 Å². The van der Waals surface area contributed by atoms with Crippen LogP contribution in [0.2, 0.25) is 0 Å². The molecule has 1 saturated heterocycles. The second-order valence-corrected chi connectivity index (χ2v) is 8.37. The van der Waals surface area contributed by atoms with E-state index in [1.54, 1.807) is 11.4 Å². The predicted octanol–water partition coefficient (Wildman–Crippen LogP) is 2.09. The zero-order chi connectivity index (χ0) is 15.3. The highest BCUT2D eigenvalue weighted by molar-refractivity contribution is 7.89. The van der Waals surface area contributed by atoms with Crippen LogP contribution in [-0.4, -0.2) is 33.7 Å². The van der Waals surface area contributed by atoms with Crippen LogP contribution in [0.25, 0.3) is 0 Å². The van der Waals surface area contributed by atoms with E-state index in [1.807, 2.05) is 0 Å². The number of ether oxygens (including phenoxy) is 1. The smallest absolute Gasteiger partial charge is 0.241 e. The molecule has 2 rings (SSSR count). The lowest BCUT2D eigenvalue weighted by Gasteiger charge is -2.09. The van der Waals surface area contributed by atoms with E-state index in [-0.39, 0.29) is 6.10 Å². The summed E-state index contributed by atoms with van der Waals surface area (Å²) in [6.45, 7) is 6.07. The molecule has 7 heteroatoms. The molecule has 2 heterocycles. The monoisotopic (exact) mass is 332 g/mol. The summed E-state index contributed by atoms with van der Waals surface area (Å²) in [6.07, 6.45) is 3.06. The molecular formula is C14H24N2O3S2. The quantitative estimate of drug-likeness (QED) is 0.765. The van der Waals surface area contributed by atoms with Gasteiger partial charge in [0.05, 0.1) is 11.0 Å². The molecule has 21 heavy (non-hydrogen) atoms. The van der Waals surface area contributed by atoms with E-state index < -0.39 is 10.0 Å². The van der Waals surface area contributed by atoms with Crippen molar-refractivity contribution in [2.45, 2.75) is 56.7 Å². The van der Waals surface area contributed by atoms with Gasteiger partial charge in [-0.1, -0.05) is 13.8 Å². The Labute approximate surface area is 131 Å². The summed E-state index contributed by atoms with van der Waals surface area (Å²) < 4.78 is 32.5. The molecule has 1 atom stereocenters. The van der Waals surface area contributed by atoms with Crippen LogP contribution in [0.4, 0.5) is 0 Å². The van der Waals surface area contributed by atoms with Gasteiger partial charge >= 0.3 is 0 Å². The van der Waals surface area contributed by atoms with Crippen molar-refractivity contribution >= 4 is 21.4 Å². The Hall–Kier alpha value is -0.470. The molecule has 1 aromatic heterocycles. The highest BCUT2D eigenvalue weighted by atomic mass is 32.2. The third-order valence-corrected chi connectivity index (χ3v) is 5.93. The third kappa shape index (κ3) is 5.34. The van der Waals surface area contributed by atoms with Crippen molar-refractivity contribution in [3.63, 3.8) is 0 Å². The van der Waals surface area contributed by atoms with Crippen LogP contribution in [0.3, 0.4) is 0 Å². The number of rotatable bonds is 8. The summed E-state index contributed by atoms with van der Waals surface area (Å²) >= 11 is 1.47. The summed E-state index contributed by atoms with van der Waals surface area (Å²) in [7, 11) is -3.39. The molecule has 1 aliphatic rings. The molecule has 0 bridgehead atoms. The van der Waals surface area contributed by atoms with Crippen molar-refractivity contribution in [2.24, 2.45) is 0 Å². The fourth-order valence-electron chi connectivity index (χ4n) is 2.21. The predicted molar refractivity (Wildman–Crippen MR) is 85.1 cm³/mol. The number of hydrogen-bond acceptors (Lipinski definition) is 5. The molecule has 0 radical (unpaired) electrons. The average Bonchev–Trinajstić information content (AvgIpc) is 3.07. The van der Waals surface area contributed by atoms with Gasteiger partial charge in [0.2, 0.25) is 10.0 Å². The van der Waals surface area contributed by atoms with E-state index in [1.165, 1.54) is 11.3 Å². The zero-order valence-corrected chi connectivity index (χ0v) is 14.2. The highest BCUT2D eigenvalue weighted by Crippen LogP contribution is 2.20. The topological polar surface area (TPSA) is 67.4 Å². The number of sulfonamides is 1. The Bertz CT molecular complexity index is 534. The molecule has 0 amide bonds. The first kappa shape index (κ1) is 16.9. The molecule has 2 N–H and O–H groups in total. The number of thiophene rings is 1. The summed E-state index contributed by atoms with van der Waals surface area (Å²) in [5, 5.41) is 4.99. The van der Waals surface area contributed by atoms with Crippen molar-refractivity contribution in [1.82, 2.24) is 10.0 Å². The lowest BCUT2D eigenvalue weighted by atomic mass is 10.2. The van der Waals surface area contributed by atoms with Crippen LogP contribution < -0.4 is 10.0 Å². The zero-order valence-electron chi connectivity index (χ0n) is 12.6. The minimum Gasteiger partial charge on any atom is -0.378 e. The maximum absolute atomic E-state index is 12.2. The van der Waals surface area contributed by atoms with Gasteiger partial charge in [-0.15, -0.1) is 11.3 Å². The minimum absolute atomic E-state index is 0.209. The van der Waals surface area contributed by atoms with E-state index >= 15 is 0 Å². The van der Waals surface area contributed by atoms with Gasteiger partial charge in [-0.3, -0.25) is 0 Å². The van der Waals surface area contributed by atoms with Crippen molar-refractivity contribution in [3.05, 3.63) is 16.3 Å². The van der Waals surface area contributed by atoms with Gasteiger partial charge in [0.15, 0.2) is 0 Å². The molecule has 120 valence electrons. The molecule has 1 aromatic rings. The fraction of sp³-hybridized carbons (Fsp3) is 0.714. The molecule has 5 nitrogen and oxygen atoms in total. The van der Waals surface area contributed by atoms with Crippen molar-refractivity contribution in [3.8, 4) is 0 Å². The molecule has 1 unspecified atom stereocenters. The summed E-state index contributed by atoms with van der Waals surface area (Å²) in [5.41, 5.74) is 0. The molecule has 1 fully saturated rings. The Balaban J connectivity index is 1.83. The van der Waals surface area contributed by atoms with Gasteiger partial charge < -0.3 is 10.1 Å². The molecule has 0 aromatic carbocycles. The summed E-state index contributed by atoms with van der Waals surface area (Å²) in [6, 6.07) is 2.13. The van der Waals surface area contributed by atoms with Crippen LogP contribution in [-0.2, 0) is 21.3 Å². The number of hydrogen-bond donors (Lipinski definition) is 2. The first-order valence-corrected chi connectivity index (χ1v) is 9.76. The van der Waals surface area contributed by atoms with Crippen LogP contribution in [0, 0.1) is 0 Å². The summed E-state index contributed by atoms with van der Waals surface area (Å²) in [5.74, 6) is 0. The van der Waals surface area contributed by atoms with Crippen LogP contribution >= 0.6 is 11.3 Å². The van der Waals surface area contributed by atoms with E-state index in [9.17, 15) is 8.42 Å². The van der Waals surface area contributed by atoms with E-state index in [0.717, 1.165) is 30.7 Å². The Morgan fingerprint density at radius 2 is 2.29 bits per heavy atom. The van der Waals surface area contributed by atoms with Gasteiger partial charge in [-0.05, 0) is 25.3 Å². The van der Waals surface area contributed by atoms with Crippen LogP contribution in [0.5, 0.6) is 0 Å². The lowest BCUT2D eigenvalue weighted by Crippen LogP contribution is -2.27. The maximum Gasteiger partial charge on any atom is 0.241 e.